The molecule has 0 aliphatic heterocycles. The molecule has 0 unspecified atom stereocenters. The minimum atomic E-state index is -0.150. The number of para-hydroxylation sites is 2. The van der Waals surface area contributed by atoms with E-state index in [0.29, 0.717) is 12.4 Å². The molecule has 1 amide bonds. The Kier molecular flexibility index (Phi) is 7.98. The number of benzene rings is 3. The van der Waals surface area contributed by atoms with Crippen LogP contribution in [0.25, 0.3) is 0 Å². The molecular formula is C25H26N2O2S. The topological polar surface area (TPSA) is 50.4 Å². The Balaban J connectivity index is 1.49. The summed E-state index contributed by atoms with van der Waals surface area (Å²) in [7, 11) is 0. The van der Waals surface area contributed by atoms with Crippen molar-refractivity contribution in [3.63, 3.8) is 0 Å². The largest absolute Gasteiger partial charge is 0.491 e. The van der Waals surface area contributed by atoms with Gasteiger partial charge in [0.25, 0.3) is 0 Å². The van der Waals surface area contributed by atoms with Crippen LogP contribution in [-0.2, 0) is 17.6 Å². The maximum absolute atomic E-state index is 12.3. The van der Waals surface area contributed by atoms with Crippen LogP contribution in [0.15, 0.2) is 78.9 Å². The maximum Gasteiger partial charge on any atom is 0.230 e. The average molecular weight is 419 g/mol. The van der Waals surface area contributed by atoms with Crippen LogP contribution in [0.2, 0.25) is 0 Å². The summed E-state index contributed by atoms with van der Waals surface area (Å²) in [6, 6.07) is 25.8. The lowest BCUT2D eigenvalue weighted by Crippen LogP contribution is -2.35. The van der Waals surface area contributed by atoms with Gasteiger partial charge in [0, 0.05) is 0 Å². The second-order valence-corrected chi connectivity index (χ2v) is 7.45. The molecule has 30 heavy (non-hydrogen) atoms. The van der Waals surface area contributed by atoms with Crippen LogP contribution in [0.5, 0.6) is 5.75 Å². The number of anilines is 1. The Hall–Kier alpha value is -3.18. The Morgan fingerprint density at radius 3 is 2.43 bits per heavy atom. The lowest BCUT2D eigenvalue weighted by atomic mass is 10.1. The summed E-state index contributed by atoms with van der Waals surface area (Å²) in [6.07, 6.45) is 2.16. The van der Waals surface area contributed by atoms with Crippen molar-refractivity contribution < 1.29 is 9.53 Å². The van der Waals surface area contributed by atoms with Gasteiger partial charge < -0.3 is 15.4 Å². The van der Waals surface area contributed by atoms with Crippen LogP contribution in [0.4, 0.5) is 5.69 Å². The van der Waals surface area contributed by atoms with E-state index in [0.717, 1.165) is 29.7 Å². The molecule has 5 heteroatoms. The number of hydrogen-bond donors (Lipinski definition) is 2. The van der Waals surface area contributed by atoms with Gasteiger partial charge in [0.05, 0.1) is 18.7 Å². The van der Waals surface area contributed by atoms with Crippen molar-refractivity contribution in [2.24, 2.45) is 0 Å². The van der Waals surface area contributed by atoms with E-state index in [1.165, 1.54) is 5.56 Å². The molecule has 4 nitrogen and oxygen atoms in total. The number of carbonyl (C=O) groups is 1. The van der Waals surface area contributed by atoms with E-state index in [1.54, 1.807) is 0 Å². The minimum absolute atomic E-state index is 0.150. The lowest BCUT2D eigenvalue weighted by Gasteiger charge is -2.14. The predicted octanol–water partition coefficient (Wildman–Crippen LogP) is 5.06. The molecule has 0 spiro atoms. The molecule has 0 heterocycles. The fourth-order valence-corrected chi connectivity index (χ4v) is 3.33. The molecule has 0 atom stereocenters. The highest BCUT2D eigenvalue weighted by Gasteiger charge is 2.10. The van der Waals surface area contributed by atoms with Crippen LogP contribution in [0, 0.1) is 6.92 Å². The van der Waals surface area contributed by atoms with Crippen molar-refractivity contribution in [2.45, 2.75) is 26.2 Å². The van der Waals surface area contributed by atoms with Crippen LogP contribution in [0.3, 0.4) is 0 Å². The van der Waals surface area contributed by atoms with Crippen molar-refractivity contribution in [3.05, 3.63) is 95.6 Å². The summed E-state index contributed by atoms with van der Waals surface area (Å²) < 4.78 is 5.94. The van der Waals surface area contributed by atoms with Gasteiger partial charge in [-0.25, -0.2) is 0 Å². The summed E-state index contributed by atoms with van der Waals surface area (Å²) in [5.41, 5.74) is 4.10. The van der Waals surface area contributed by atoms with Crippen LogP contribution >= 0.6 is 12.2 Å². The molecule has 0 aromatic heterocycles. The molecule has 0 aliphatic carbocycles. The van der Waals surface area contributed by atoms with Gasteiger partial charge in [0.1, 0.15) is 5.75 Å². The fourth-order valence-electron chi connectivity index (χ4n) is 3.10. The number of ether oxygens (including phenoxy) is 1. The number of amides is 1. The molecule has 3 rings (SSSR count). The lowest BCUT2D eigenvalue weighted by molar-refractivity contribution is -0.119. The van der Waals surface area contributed by atoms with E-state index < -0.39 is 0 Å². The van der Waals surface area contributed by atoms with E-state index in [4.69, 9.17) is 17.0 Å². The number of carbonyl (C=O) groups excluding carboxylic acids is 1. The number of rotatable bonds is 8. The van der Waals surface area contributed by atoms with Crippen LogP contribution in [0.1, 0.15) is 23.1 Å². The molecular weight excluding hydrogens is 392 g/mol. The highest BCUT2D eigenvalue weighted by molar-refractivity contribution is 7.80. The highest BCUT2D eigenvalue weighted by Crippen LogP contribution is 2.24. The second kappa shape index (κ2) is 11.1. The number of aryl methyl sites for hydroxylation is 2. The molecule has 154 valence electrons. The second-order valence-electron chi connectivity index (χ2n) is 7.04. The van der Waals surface area contributed by atoms with Crippen molar-refractivity contribution in [1.29, 1.82) is 0 Å². The number of thiocarbonyl (C=S) groups is 1. The molecule has 0 aliphatic rings. The SMILES string of the molecule is Cc1ccccc1CC(=O)NC(=S)Nc1ccccc1OCCCc1ccccc1. The number of hydrogen-bond acceptors (Lipinski definition) is 3. The van der Waals surface area contributed by atoms with Gasteiger partial charge >= 0.3 is 0 Å². The van der Waals surface area contributed by atoms with E-state index in [-0.39, 0.29) is 17.4 Å². The van der Waals surface area contributed by atoms with Crippen molar-refractivity contribution in [1.82, 2.24) is 5.32 Å². The quantitative estimate of drug-likeness (QED) is 0.396. The third kappa shape index (κ3) is 6.71. The Morgan fingerprint density at radius 2 is 1.63 bits per heavy atom. The van der Waals surface area contributed by atoms with Gasteiger partial charge in [0.15, 0.2) is 5.11 Å². The molecule has 0 saturated heterocycles. The predicted molar refractivity (Wildman–Crippen MR) is 126 cm³/mol. The average Bonchev–Trinajstić information content (AvgIpc) is 2.74. The first-order chi connectivity index (χ1) is 14.6. The van der Waals surface area contributed by atoms with Gasteiger partial charge in [-0.15, -0.1) is 0 Å². The monoisotopic (exact) mass is 418 g/mol. The third-order valence-electron chi connectivity index (χ3n) is 4.71. The highest BCUT2D eigenvalue weighted by atomic mass is 32.1. The van der Waals surface area contributed by atoms with Crippen molar-refractivity contribution in [3.8, 4) is 5.75 Å². The molecule has 0 fully saturated rings. The van der Waals surface area contributed by atoms with Gasteiger partial charge in [-0.3, -0.25) is 4.79 Å². The van der Waals surface area contributed by atoms with Crippen LogP contribution < -0.4 is 15.4 Å². The van der Waals surface area contributed by atoms with Crippen molar-refractivity contribution >= 4 is 28.9 Å². The molecule has 0 saturated carbocycles. The maximum atomic E-state index is 12.3. The fraction of sp³-hybridized carbons (Fsp3) is 0.200. The zero-order valence-electron chi connectivity index (χ0n) is 17.1. The first-order valence-corrected chi connectivity index (χ1v) is 10.4. The van der Waals surface area contributed by atoms with E-state index >= 15 is 0 Å². The normalized spacial score (nSPS) is 10.3. The summed E-state index contributed by atoms with van der Waals surface area (Å²) in [5, 5.41) is 6.08. The molecule has 0 radical (unpaired) electrons. The van der Waals surface area contributed by atoms with Gasteiger partial charge in [0.2, 0.25) is 5.91 Å². The third-order valence-corrected chi connectivity index (χ3v) is 4.91. The zero-order valence-corrected chi connectivity index (χ0v) is 17.9. The molecule has 3 aromatic carbocycles. The van der Waals surface area contributed by atoms with Gasteiger partial charge in [-0.1, -0.05) is 66.7 Å². The number of nitrogens with one attached hydrogen (secondary N) is 2. The van der Waals surface area contributed by atoms with E-state index in [2.05, 4.69) is 22.8 Å². The summed E-state index contributed by atoms with van der Waals surface area (Å²) in [6.45, 7) is 2.59. The van der Waals surface area contributed by atoms with Crippen LogP contribution in [-0.4, -0.2) is 17.6 Å². The Labute approximate surface area is 183 Å². The summed E-state index contributed by atoms with van der Waals surface area (Å²) >= 11 is 5.32. The van der Waals surface area contributed by atoms with Gasteiger partial charge in [-0.05, 0) is 60.8 Å². The van der Waals surface area contributed by atoms with E-state index in [1.807, 2.05) is 73.7 Å². The van der Waals surface area contributed by atoms with Gasteiger partial charge in [-0.2, -0.15) is 0 Å². The molecule has 2 N–H and O–H groups in total. The first-order valence-electron chi connectivity index (χ1n) is 10.0. The Morgan fingerprint density at radius 1 is 0.933 bits per heavy atom. The smallest absolute Gasteiger partial charge is 0.230 e. The molecule has 0 bridgehead atoms. The standard InChI is InChI=1S/C25H26N2O2S/c1-19-10-5-6-14-21(19)18-24(28)27-25(30)26-22-15-7-8-16-23(22)29-17-9-13-20-11-3-2-4-12-20/h2-8,10-12,14-16H,9,13,17-18H2,1H3,(H2,26,27,28,30). The zero-order chi connectivity index (χ0) is 21.2. The molecule has 3 aromatic rings. The van der Waals surface area contributed by atoms with E-state index in [9.17, 15) is 4.79 Å². The first kappa shape index (κ1) is 21.5. The Bertz CT molecular complexity index is 989. The van der Waals surface area contributed by atoms with Crippen molar-refractivity contribution in [2.75, 3.05) is 11.9 Å². The summed E-state index contributed by atoms with van der Waals surface area (Å²) in [4.78, 5) is 12.3. The summed E-state index contributed by atoms with van der Waals surface area (Å²) in [5.74, 6) is 0.559. The minimum Gasteiger partial charge on any atom is -0.491 e.